The van der Waals surface area contributed by atoms with Crippen LogP contribution in [-0.4, -0.2) is 32.7 Å². The van der Waals surface area contributed by atoms with Gasteiger partial charge in [0.05, 0.1) is 28.0 Å². The van der Waals surface area contributed by atoms with Crippen molar-refractivity contribution in [3.8, 4) is 0 Å². The fourth-order valence-electron chi connectivity index (χ4n) is 2.61. The summed E-state index contributed by atoms with van der Waals surface area (Å²) in [6.07, 6.45) is 1.54. The van der Waals surface area contributed by atoms with E-state index in [1.807, 2.05) is 25.1 Å². The van der Waals surface area contributed by atoms with Crippen LogP contribution in [0.3, 0.4) is 0 Å². The summed E-state index contributed by atoms with van der Waals surface area (Å²) >= 11 is 12.2. The number of hydrogen-bond donors (Lipinski definition) is 3. The van der Waals surface area contributed by atoms with Crippen LogP contribution in [0.2, 0.25) is 10.0 Å². The number of hydrogen-bond acceptors (Lipinski definition) is 5. The van der Waals surface area contributed by atoms with Crippen LogP contribution in [0.15, 0.2) is 60.8 Å². The van der Waals surface area contributed by atoms with E-state index in [1.54, 1.807) is 56.4 Å². The molecule has 1 atom stereocenters. The van der Waals surface area contributed by atoms with Crippen LogP contribution in [0, 0.1) is 0 Å². The summed E-state index contributed by atoms with van der Waals surface area (Å²) in [6, 6.07) is 14.7. The third kappa shape index (κ3) is 5.85. The van der Waals surface area contributed by atoms with Gasteiger partial charge in [-0.25, -0.2) is 14.7 Å². The molecule has 0 radical (unpaired) electrons. The van der Waals surface area contributed by atoms with Crippen LogP contribution in [0.1, 0.15) is 20.8 Å². The van der Waals surface area contributed by atoms with Crippen molar-refractivity contribution in [1.29, 1.82) is 0 Å². The van der Waals surface area contributed by atoms with Gasteiger partial charge >= 0.3 is 6.03 Å². The number of halogens is 2. The molecule has 0 spiro atoms. The van der Waals surface area contributed by atoms with Crippen molar-refractivity contribution in [2.75, 3.05) is 15.5 Å². The van der Waals surface area contributed by atoms with Crippen molar-refractivity contribution in [1.82, 2.24) is 9.97 Å². The van der Waals surface area contributed by atoms with Crippen molar-refractivity contribution in [2.24, 2.45) is 0 Å². The molecule has 1 heterocycles. The molecule has 0 fully saturated rings. The summed E-state index contributed by atoms with van der Waals surface area (Å²) in [5.41, 5.74) is 0.0339. The van der Waals surface area contributed by atoms with Crippen LogP contribution >= 0.6 is 23.2 Å². The smallest absolute Gasteiger partial charge is 0.332 e. The Bertz CT molecular complexity index is 1060. The first-order chi connectivity index (χ1) is 14.6. The van der Waals surface area contributed by atoms with Crippen molar-refractivity contribution >= 4 is 52.4 Å². The van der Waals surface area contributed by atoms with Crippen LogP contribution in [-0.2, 0) is 0 Å². The molecule has 9 heteroatoms. The van der Waals surface area contributed by atoms with E-state index in [-0.39, 0.29) is 12.0 Å². The Balaban J connectivity index is 1.95. The molecule has 0 saturated carbocycles. The van der Waals surface area contributed by atoms with Gasteiger partial charge in [0.15, 0.2) is 0 Å². The molecule has 162 valence electrons. The Morgan fingerprint density at radius 2 is 1.84 bits per heavy atom. The maximum absolute atomic E-state index is 13.2. The van der Waals surface area contributed by atoms with Gasteiger partial charge in [0.25, 0.3) is 0 Å². The molecule has 0 aliphatic rings. The number of anilines is 4. The van der Waals surface area contributed by atoms with E-state index in [0.717, 1.165) is 0 Å². The van der Waals surface area contributed by atoms with E-state index in [1.165, 1.54) is 4.90 Å². The van der Waals surface area contributed by atoms with Gasteiger partial charge in [-0.2, -0.15) is 4.98 Å². The van der Waals surface area contributed by atoms with E-state index in [4.69, 9.17) is 23.2 Å². The highest BCUT2D eigenvalue weighted by molar-refractivity contribution is 6.36. The number of amides is 2. The summed E-state index contributed by atoms with van der Waals surface area (Å²) < 4.78 is 0. The number of carbonyl (C=O) groups excluding carboxylic acids is 1. The van der Waals surface area contributed by atoms with E-state index >= 15 is 0 Å². The Kier molecular flexibility index (Phi) is 7.00. The Hall–Kier alpha value is -2.87. The summed E-state index contributed by atoms with van der Waals surface area (Å²) in [4.78, 5) is 23.3. The monoisotopic (exact) mass is 459 g/mol. The van der Waals surface area contributed by atoms with Gasteiger partial charge in [-0.15, -0.1) is 0 Å². The third-order valence-electron chi connectivity index (χ3n) is 4.67. The number of nitrogens with zero attached hydrogens (tertiary/aromatic N) is 3. The summed E-state index contributed by atoms with van der Waals surface area (Å²) in [6.45, 7) is 5.20. The fraction of sp³-hybridized carbons (Fsp3) is 0.227. The molecule has 7 nitrogen and oxygen atoms in total. The first kappa shape index (κ1) is 22.8. The minimum Gasteiger partial charge on any atom is -0.388 e. The van der Waals surface area contributed by atoms with Crippen molar-refractivity contribution in [3.05, 3.63) is 70.8 Å². The van der Waals surface area contributed by atoms with Gasteiger partial charge in [0.2, 0.25) is 5.95 Å². The van der Waals surface area contributed by atoms with Crippen molar-refractivity contribution in [3.63, 3.8) is 0 Å². The van der Waals surface area contributed by atoms with Crippen LogP contribution in [0.5, 0.6) is 0 Å². The quantitative estimate of drug-likeness (QED) is 0.438. The lowest BCUT2D eigenvalue weighted by molar-refractivity contribution is 0.0646. The Morgan fingerprint density at radius 3 is 2.48 bits per heavy atom. The lowest BCUT2D eigenvalue weighted by atomic mass is 10.0. The average molecular weight is 460 g/mol. The molecule has 1 unspecified atom stereocenters. The molecule has 0 saturated heterocycles. The van der Waals surface area contributed by atoms with E-state index < -0.39 is 11.6 Å². The van der Waals surface area contributed by atoms with Crippen LogP contribution < -0.4 is 15.5 Å². The molecule has 1 aromatic heterocycles. The number of carbonyl (C=O) groups is 1. The number of urea groups is 1. The number of rotatable bonds is 6. The first-order valence-corrected chi connectivity index (χ1v) is 10.3. The molecule has 2 aromatic carbocycles. The van der Waals surface area contributed by atoms with E-state index in [0.29, 0.717) is 27.2 Å². The van der Waals surface area contributed by atoms with Gasteiger partial charge in [0.1, 0.15) is 5.82 Å². The molecule has 2 amide bonds. The third-order valence-corrected chi connectivity index (χ3v) is 5.21. The number of aliphatic hydroxyl groups is 1. The minimum absolute atomic E-state index is 0.283. The maximum Gasteiger partial charge on any atom is 0.332 e. The van der Waals surface area contributed by atoms with Crippen LogP contribution in [0.25, 0.3) is 0 Å². The molecule has 3 aromatic rings. The van der Waals surface area contributed by atoms with Crippen molar-refractivity contribution in [2.45, 2.75) is 32.4 Å². The van der Waals surface area contributed by atoms with Gasteiger partial charge in [-0.1, -0.05) is 41.4 Å². The van der Waals surface area contributed by atoms with Crippen LogP contribution in [0.4, 0.5) is 27.9 Å². The zero-order valence-electron chi connectivity index (χ0n) is 17.3. The summed E-state index contributed by atoms with van der Waals surface area (Å²) in [5, 5.41) is 16.8. The lowest BCUT2D eigenvalue weighted by Crippen LogP contribution is -2.40. The van der Waals surface area contributed by atoms with Gasteiger partial charge in [0, 0.05) is 17.3 Å². The molecular weight excluding hydrogens is 437 g/mol. The maximum atomic E-state index is 13.2. The average Bonchev–Trinajstić information content (AvgIpc) is 2.71. The normalized spacial score (nSPS) is 12.2. The number of para-hydroxylation sites is 1. The standard InChI is InChI=1S/C22H23Cl2N5O2/c1-14(22(2,3)31)26-20-25-12-11-19(28-20)29(16-7-5-4-6-8-16)21(30)27-18-10-9-15(23)13-17(18)24/h4-14,31H,1-3H3,(H,27,30)(H,25,26,28). The topological polar surface area (TPSA) is 90.4 Å². The second kappa shape index (κ2) is 9.51. The van der Waals surface area contributed by atoms with Crippen molar-refractivity contribution < 1.29 is 9.90 Å². The Labute approximate surface area is 191 Å². The fourth-order valence-corrected chi connectivity index (χ4v) is 3.06. The second-order valence-corrected chi connectivity index (χ2v) is 8.33. The minimum atomic E-state index is -0.985. The highest BCUT2D eigenvalue weighted by Gasteiger charge is 2.24. The lowest BCUT2D eigenvalue weighted by Gasteiger charge is -2.27. The molecule has 31 heavy (non-hydrogen) atoms. The second-order valence-electron chi connectivity index (χ2n) is 7.48. The highest BCUT2D eigenvalue weighted by Crippen LogP contribution is 2.29. The largest absolute Gasteiger partial charge is 0.388 e. The summed E-state index contributed by atoms with van der Waals surface area (Å²) in [7, 11) is 0. The molecule has 0 aliphatic carbocycles. The van der Waals surface area contributed by atoms with Gasteiger partial charge in [-0.05, 0) is 51.1 Å². The van der Waals surface area contributed by atoms with E-state index in [9.17, 15) is 9.90 Å². The molecular formula is C22H23Cl2N5O2. The Morgan fingerprint density at radius 1 is 1.13 bits per heavy atom. The molecule has 0 aliphatic heterocycles. The highest BCUT2D eigenvalue weighted by atomic mass is 35.5. The summed E-state index contributed by atoms with van der Waals surface area (Å²) in [5.74, 6) is 0.625. The zero-order chi connectivity index (χ0) is 22.6. The number of aromatic nitrogens is 2. The SMILES string of the molecule is CC(Nc1nccc(N(C(=O)Nc2ccc(Cl)cc2Cl)c2ccccc2)n1)C(C)(C)O. The molecule has 0 bridgehead atoms. The number of benzene rings is 2. The number of nitrogens with one attached hydrogen (secondary N) is 2. The first-order valence-electron chi connectivity index (χ1n) is 9.58. The van der Waals surface area contributed by atoms with E-state index in [2.05, 4.69) is 20.6 Å². The molecule has 3 rings (SSSR count). The zero-order valence-corrected chi connectivity index (χ0v) is 18.8. The molecule has 3 N–H and O–H groups in total. The van der Waals surface area contributed by atoms with Gasteiger partial charge < -0.3 is 15.7 Å². The predicted octanol–water partition coefficient (Wildman–Crippen LogP) is 5.72. The van der Waals surface area contributed by atoms with Gasteiger partial charge in [-0.3, -0.25) is 0 Å². The predicted molar refractivity (Wildman–Crippen MR) is 125 cm³/mol.